The molecule has 0 bridgehead atoms. The fraction of sp³-hybridized carbons (Fsp3) is 0.163. The largest absolute Gasteiger partial charge is 0.466 e. The quantitative estimate of drug-likeness (QED) is 0.130. The van der Waals surface area contributed by atoms with Gasteiger partial charge in [-0.25, -0.2) is 37.6 Å². The Labute approximate surface area is 579 Å². The van der Waals surface area contributed by atoms with Gasteiger partial charge in [-0.15, -0.1) is 0 Å². The highest BCUT2D eigenvalue weighted by atomic mass is 16.3. The molecule has 0 aliphatic carbocycles. The Bertz CT molecular complexity index is 6540. The van der Waals surface area contributed by atoms with Crippen LogP contribution in [-0.4, -0.2) is 0 Å². The number of hydrogen-bond donors (Lipinski definition) is 0. The zero-order valence-electron chi connectivity index (χ0n) is 63.7. The summed E-state index contributed by atoms with van der Waals surface area (Å²) in [5.41, 5.74) is 24.0. The molecule has 16 rings (SSSR count). The second-order valence-electron chi connectivity index (χ2n) is 25.0. The number of furan rings is 4. The van der Waals surface area contributed by atoms with Crippen molar-refractivity contribution in [3.05, 3.63) is 284 Å². The summed E-state index contributed by atoms with van der Waals surface area (Å²) < 4.78 is 87.8. The van der Waals surface area contributed by atoms with Gasteiger partial charge in [0, 0.05) is 95.2 Å². The van der Waals surface area contributed by atoms with E-state index >= 15 is 0 Å². The lowest BCUT2D eigenvalue weighted by Gasteiger charge is -2.06. The van der Waals surface area contributed by atoms with Crippen LogP contribution in [0.15, 0.2) is 200 Å². The van der Waals surface area contributed by atoms with Crippen LogP contribution in [0.5, 0.6) is 0 Å². The van der Waals surface area contributed by atoms with Crippen molar-refractivity contribution in [2.75, 3.05) is 0 Å². The minimum absolute atomic E-state index is 0.124. The third-order valence-corrected chi connectivity index (χ3v) is 18.5. The standard InChI is InChI=1S/2C22H19N2O.2C21H17N2O/c1-13-6-11-18(24(5)12-13)19-14(2)7-9-16-17-10-8-15(3)20(23-4)22(17)25-21(16)19;1-13-10-11-24(5)18(12-13)19-14(2)6-8-16-17-9-7-15(3)20(23-4)22(17)25-21(16)19;2*1-13-8-10-15-16-11-9-14(2)19(22-3)21(16)24-20(15)18(13)17-7-5-6-12-23(17)4/h2*6-12H,1-3,5H3;2*5-12H,1-2,4H3/q4*+1/i1D3;;5D,6D,7D,12D;. The molecule has 98 heavy (non-hydrogen) atoms. The van der Waals surface area contributed by atoms with Crippen molar-refractivity contribution in [1.29, 1.82) is 0 Å². The van der Waals surface area contributed by atoms with Crippen LogP contribution >= 0.6 is 0 Å². The first-order valence-corrected chi connectivity index (χ1v) is 31.8. The summed E-state index contributed by atoms with van der Waals surface area (Å²) in [7, 11) is 7.53. The van der Waals surface area contributed by atoms with Gasteiger partial charge in [0.1, 0.15) is 74.2 Å². The number of pyridine rings is 4. The van der Waals surface area contributed by atoms with Crippen LogP contribution in [0.1, 0.15) is 65.2 Å². The molecule has 0 spiro atoms. The van der Waals surface area contributed by atoms with Gasteiger partial charge < -0.3 is 17.7 Å². The lowest BCUT2D eigenvalue weighted by Crippen LogP contribution is -2.31. The Morgan fingerprint density at radius 2 is 0.673 bits per heavy atom. The van der Waals surface area contributed by atoms with Gasteiger partial charge >= 0.3 is 0 Å². The van der Waals surface area contributed by atoms with Crippen LogP contribution in [0.2, 0.25) is 0 Å². The van der Waals surface area contributed by atoms with E-state index in [9.17, 15) is 0 Å². The molecule has 0 amide bonds. The van der Waals surface area contributed by atoms with Gasteiger partial charge in [-0.2, -0.15) is 0 Å². The zero-order chi connectivity index (χ0) is 75.1. The molecule has 0 unspecified atom stereocenters. The Morgan fingerprint density at radius 1 is 0.327 bits per heavy atom. The maximum absolute atomic E-state index is 8.43. The van der Waals surface area contributed by atoms with Gasteiger partial charge in [0.15, 0.2) is 24.8 Å². The van der Waals surface area contributed by atoms with Crippen LogP contribution < -0.4 is 18.3 Å². The van der Waals surface area contributed by atoms with Crippen molar-refractivity contribution in [3.8, 4) is 45.0 Å². The summed E-state index contributed by atoms with van der Waals surface area (Å²) in [4.78, 5) is 14.7. The topological polar surface area (TPSA) is 85.5 Å². The van der Waals surface area contributed by atoms with E-state index in [1.807, 2.05) is 152 Å². The van der Waals surface area contributed by atoms with E-state index in [0.29, 0.717) is 73.1 Å². The second kappa shape index (κ2) is 25.7. The van der Waals surface area contributed by atoms with Crippen molar-refractivity contribution >= 4 is 111 Å². The molecule has 0 saturated heterocycles. The molecule has 0 fully saturated rings. The average molecular weight is 1290 g/mol. The number of benzene rings is 8. The summed E-state index contributed by atoms with van der Waals surface area (Å²) in [6.07, 6.45) is 5.60. The molecule has 0 saturated carbocycles. The molecular weight excluding hydrogens is 1210 g/mol. The third kappa shape index (κ3) is 11.0. The molecule has 0 atom stereocenters. The number of aromatic nitrogens is 4. The fourth-order valence-corrected chi connectivity index (χ4v) is 13.3. The average Bonchev–Trinajstić information content (AvgIpc) is 1.63. The zero-order valence-corrected chi connectivity index (χ0v) is 56.7. The minimum Gasteiger partial charge on any atom is -0.466 e. The smallest absolute Gasteiger partial charge is 0.232 e. The molecule has 8 aromatic carbocycles. The molecule has 8 aromatic heterocycles. The first-order chi connectivity index (χ1) is 50.1. The summed E-state index contributed by atoms with van der Waals surface area (Å²) in [6, 6.07) is 45.3. The molecule has 476 valence electrons. The monoisotopic (exact) mass is 1290 g/mol. The molecule has 0 aliphatic heterocycles. The lowest BCUT2D eigenvalue weighted by molar-refractivity contribution is -0.660. The van der Waals surface area contributed by atoms with Crippen molar-refractivity contribution in [1.82, 2.24) is 0 Å². The summed E-state index contributed by atoms with van der Waals surface area (Å²) >= 11 is 0. The first-order valence-electron chi connectivity index (χ1n) is 35.3. The van der Waals surface area contributed by atoms with Gasteiger partial charge in [-0.05, 0) is 137 Å². The Kier molecular flexibility index (Phi) is 14.7. The lowest BCUT2D eigenvalue weighted by atomic mass is 9.99. The van der Waals surface area contributed by atoms with Gasteiger partial charge in [0.25, 0.3) is 0 Å². The first kappa shape index (κ1) is 55.9. The molecule has 12 heteroatoms. The van der Waals surface area contributed by atoms with Gasteiger partial charge in [-0.1, -0.05) is 97.1 Å². The van der Waals surface area contributed by atoms with E-state index in [-0.39, 0.29) is 24.3 Å². The van der Waals surface area contributed by atoms with E-state index in [2.05, 4.69) is 110 Å². The van der Waals surface area contributed by atoms with Crippen molar-refractivity contribution in [2.24, 2.45) is 28.2 Å². The normalized spacial score (nSPS) is 12.3. The highest BCUT2D eigenvalue weighted by molar-refractivity contribution is 6.16. The van der Waals surface area contributed by atoms with E-state index in [4.69, 9.17) is 53.6 Å². The number of nitrogens with zero attached hydrogens (tertiary/aromatic N) is 8. The number of aryl methyl sites for hydroxylation is 13. The predicted octanol–water partition coefficient (Wildman–Crippen LogP) is 21.6. The maximum atomic E-state index is 8.43. The molecule has 0 N–H and O–H groups in total. The van der Waals surface area contributed by atoms with E-state index < -0.39 is 6.85 Å². The van der Waals surface area contributed by atoms with E-state index in [1.54, 1.807) is 19.3 Å². The molecule has 12 nitrogen and oxygen atoms in total. The molecular formula is C86H72N8O4+4. The maximum Gasteiger partial charge on any atom is 0.232 e. The molecule has 0 radical (unpaired) electrons. The minimum atomic E-state index is -2.15. The van der Waals surface area contributed by atoms with Crippen molar-refractivity contribution in [2.45, 2.75) is 69.2 Å². The van der Waals surface area contributed by atoms with E-state index in [0.717, 1.165) is 133 Å². The molecule has 16 aromatic rings. The Balaban J connectivity index is 0.000000124. The van der Waals surface area contributed by atoms with Crippen LogP contribution in [-0.2, 0) is 28.2 Å². The van der Waals surface area contributed by atoms with Gasteiger partial charge in [-0.3, -0.25) is 0 Å². The summed E-state index contributed by atoms with van der Waals surface area (Å²) in [5.74, 6) is 0. The SMILES string of the molecule is [2H]C([2H])([2H])c1ccc(-c2c(C)ccc3c2oc2c([N+]#[C-])c(C)ccc23)[n+](C)c1.[2H]c1c([2H])c([2H])[n+](C)c(-c2c(C)ccc3c2oc2c([N+]#[C-])c(C)ccc23)c1[2H].[C-]#[N+]c1c(C)ccc2c1oc1c(-c3cc(C)cc[n+]3C)c(C)ccc12.[C-]#[N+]c1c(C)ccc2c1oc1c(-c3cccc[n+]3C)c(C)ccc12. The van der Waals surface area contributed by atoms with Gasteiger partial charge in [0.05, 0.1) is 52.7 Å². The highest BCUT2D eigenvalue weighted by Gasteiger charge is 2.27. The predicted molar refractivity (Wildman–Crippen MR) is 394 cm³/mol. The van der Waals surface area contributed by atoms with Crippen LogP contribution in [0.25, 0.3) is 152 Å². The third-order valence-electron chi connectivity index (χ3n) is 18.5. The Hall–Kier alpha value is -12.5. The van der Waals surface area contributed by atoms with E-state index in [1.165, 1.54) is 10.1 Å². The molecule has 0 aliphatic rings. The fourth-order valence-electron chi connectivity index (χ4n) is 13.3. The number of hydrogen-bond acceptors (Lipinski definition) is 4. The Morgan fingerprint density at radius 3 is 1.04 bits per heavy atom. The van der Waals surface area contributed by atoms with Crippen molar-refractivity contribution in [3.63, 3.8) is 0 Å². The number of rotatable bonds is 4. The summed E-state index contributed by atoms with van der Waals surface area (Å²) in [6.45, 7) is 45.7. The van der Waals surface area contributed by atoms with Gasteiger partial charge in [0.2, 0.25) is 45.5 Å². The van der Waals surface area contributed by atoms with Crippen LogP contribution in [0.4, 0.5) is 22.7 Å². The van der Waals surface area contributed by atoms with Crippen molar-refractivity contribution < 1.29 is 45.5 Å². The van der Waals surface area contributed by atoms with Crippen LogP contribution in [0.3, 0.4) is 0 Å². The number of fused-ring (bicyclic) bond motifs is 12. The molecule has 8 heterocycles. The van der Waals surface area contributed by atoms with Crippen LogP contribution in [0, 0.1) is 95.5 Å². The second-order valence-corrected chi connectivity index (χ2v) is 25.0. The highest BCUT2D eigenvalue weighted by Crippen LogP contribution is 2.46. The summed E-state index contributed by atoms with van der Waals surface area (Å²) in [5, 5.41) is 7.60.